The topological polar surface area (TPSA) is 74.1 Å². The van der Waals surface area contributed by atoms with Gasteiger partial charge in [-0.25, -0.2) is 0 Å². The summed E-state index contributed by atoms with van der Waals surface area (Å²) < 4.78 is 5.03. The van der Waals surface area contributed by atoms with Crippen LogP contribution in [0.1, 0.15) is 19.4 Å². The highest BCUT2D eigenvalue weighted by atomic mass is 35.5. The lowest BCUT2D eigenvalue weighted by atomic mass is 9.93. The molecule has 0 aromatic heterocycles. The lowest BCUT2D eigenvalue weighted by Gasteiger charge is -2.23. The first kappa shape index (κ1) is 15.7. The van der Waals surface area contributed by atoms with Gasteiger partial charge in [0, 0.05) is 5.56 Å². The van der Waals surface area contributed by atoms with Crippen molar-refractivity contribution in [1.82, 2.24) is 5.48 Å². The molecule has 0 atom stereocenters. The molecule has 0 amide bonds. The summed E-state index contributed by atoms with van der Waals surface area (Å²) in [5.41, 5.74) is 2.32. The third kappa shape index (κ3) is 3.59. The normalized spacial score (nSPS) is 11.9. The number of nitrogens with one attached hydrogen (secondary N) is 1. The Balaban J connectivity index is 0.00000256. The van der Waals surface area contributed by atoms with Crippen LogP contribution in [0.15, 0.2) is 29.4 Å². The van der Waals surface area contributed by atoms with Crippen LogP contribution in [0.5, 0.6) is 5.75 Å². The number of hydroxylamine groups is 1. The quantitative estimate of drug-likeness (QED) is 0.355. The molecule has 0 unspecified atom stereocenters. The first-order chi connectivity index (χ1) is 7.55. The van der Waals surface area contributed by atoms with Gasteiger partial charge in [0.05, 0.1) is 12.6 Å². The van der Waals surface area contributed by atoms with Crippen molar-refractivity contribution >= 4 is 5.71 Å². The van der Waals surface area contributed by atoms with E-state index in [1.165, 1.54) is 0 Å². The molecule has 0 aliphatic heterocycles. The van der Waals surface area contributed by atoms with E-state index in [4.69, 9.17) is 15.2 Å². The molecule has 0 saturated carbocycles. The van der Waals surface area contributed by atoms with Crippen molar-refractivity contribution in [3.63, 3.8) is 0 Å². The van der Waals surface area contributed by atoms with Crippen molar-refractivity contribution < 1.29 is 27.6 Å². The van der Waals surface area contributed by atoms with E-state index in [0.717, 1.165) is 5.75 Å². The fraction of sp³-hybridized carbons (Fsp3) is 0.364. The van der Waals surface area contributed by atoms with Gasteiger partial charge in [-0.05, 0) is 38.1 Å². The molecular formula is C11H16ClN2O3-. The summed E-state index contributed by atoms with van der Waals surface area (Å²) in [6.07, 6.45) is 0. The smallest absolute Gasteiger partial charge is 0.118 e. The van der Waals surface area contributed by atoms with Crippen LogP contribution in [-0.4, -0.2) is 28.8 Å². The van der Waals surface area contributed by atoms with Crippen molar-refractivity contribution in [3.05, 3.63) is 29.8 Å². The molecule has 96 valence electrons. The molecule has 1 aromatic rings. The zero-order valence-corrected chi connectivity index (χ0v) is 10.7. The van der Waals surface area contributed by atoms with E-state index in [9.17, 15) is 0 Å². The summed E-state index contributed by atoms with van der Waals surface area (Å²) >= 11 is 0. The van der Waals surface area contributed by atoms with Crippen molar-refractivity contribution in [2.75, 3.05) is 7.11 Å². The van der Waals surface area contributed by atoms with Gasteiger partial charge in [0.1, 0.15) is 11.5 Å². The van der Waals surface area contributed by atoms with Gasteiger partial charge in [-0.15, -0.1) is 0 Å². The number of hydrogen-bond acceptors (Lipinski definition) is 5. The van der Waals surface area contributed by atoms with Crippen LogP contribution in [0.3, 0.4) is 0 Å². The van der Waals surface area contributed by atoms with Crippen LogP contribution in [-0.2, 0) is 0 Å². The van der Waals surface area contributed by atoms with Crippen LogP contribution in [0.2, 0.25) is 0 Å². The molecule has 3 N–H and O–H groups in total. The van der Waals surface area contributed by atoms with E-state index in [2.05, 4.69) is 10.6 Å². The van der Waals surface area contributed by atoms with E-state index in [1.54, 1.807) is 45.2 Å². The second kappa shape index (κ2) is 6.44. The Morgan fingerprint density at radius 2 is 1.82 bits per heavy atom. The third-order valence-corrected chi connectivity index (χ3v) is 2.33. The summed E-state index contributed by atoms with van der Waals surface area (Å²) in [6, 6.07) is 7.03. The summed E-state index contributed by atoms with van der Waals surface area (Å²) in [5.74, 6) is 0.718. The van der Waals surface area contributed by atoms with Crippen molar-refractivity contribution in [2.45, 2.75) is 19.4 Å². The maximum absolute atomic E-state index is 8.99. The monoisotopic (exact) mass is 259 g/mol. The number of hydrogen-bond donors (Lipinski definition) is 3. The van der Waals surface area contributed by atoms with E-state index >= 15 is 0 Å². The second-order valence-electron chi connectivity index (χ2n) is 3.91. The third-order valence-electron chi connectivity index (χ3n) is 2.33. The van der Waals surface area contributed by atoms with Gasteiger partial charge in [-0.3, -0.25) is 0 Å². The van der Waals surface area contributed by atoms with Crippen molar-refractivity contribution in [3.8, 4) is 5.75 Å². The van der Waals surface area contributed by atoms with Gasteiger partial charge >= 0.3 is 0 Å². The number of halogens is 1. The molecule has 0 bridgehead atoms. The average Bonchev–Trinajstić information content (AvgIpc) is 2.30. The maximum atomic E-state index is 8.99. The molecule has 1 rings (SSSR count). The first-order valence-corrected chi connectivity index (χ1v) is 4.83. The minimum atomic E-state index is -0.830. The molecule has 1 aromatic carbocycles. The fourth-order valence-electron chi connectivity index (χ4n) is 1.35. The van der Waals surface area contributed by atoms with Crippen molar-refractivity contribution in [1.29, 1.82) is 0 Å². The molecule has 17 heavy (non-hydrogen) atoms. The van der Waals surface area contributed by atoms with E-state index in [1.807, 2.05) is 0 Å². The Hall–Kier alpha value is -1.30. The molecule has 5 nitrogen and oxygen atoms in total. The predicted octanol–water partition coefficient (Wildman–Crippen LogP) is -1.37. The van der Waals surface area contributed by atoms with Gasteiger partial charge < -0.3 is 27.6 Å². The molecule has 0 radical (unpaired) electrons. The first-order valence-electron chi connectivity index (χ1n) is 4.83. The van der Waals surface area contributed by atoms with Gasteiger partial charge in [0.15, 0.2) is 0 Å². The number of benzene rings is 1. The number of ether oxygens (including phenoxy) is 1. The Bertz CT molecular complexity index is 377. The van der Waals surface area contributed by atoms with Gasteiger partial charge in [0.2, 0.25) is 0 Å². The van der Waals surface area contributed by atoms with Gasteiger partial charge in [-0.1, -0.05) is 5.16 Å². The summed E-state index contributed by atoms with van der Waals surface area (Å²) in [7, 11) is 1.58. The Labute approximate surface area is 106 Å². The molecule has 0 spiro atoms. The zero-order valence-electron chi connectivity index (χ0n) is 9.94. The lowest BCUT2D eigenvalue weighted by Crippen LogP contribution is -3.00. The van der Waals surface area contributed by atoms with Crippen LogP contribution in [0.4, 0.5) is 0 Å². The van der Waals surface area contributed by atoms with E-state index < -0.39 is 5.54 Å². The van der Waals surface area contributed by atoms with Gasteiger partial charge in [0.25, 0.3) is 0 Å². The number of methoxy groups -OCH3 is 1. The summed E-state index contributed by atoms with van der Waals surface area (Å²) in [5, 5.41) is 21.2. The molecule has 0 heterocycles. The highest BCUT2D eigenvalue weighted by Gasteiger charge is 2.26. The van der Waals surface area contributed by atoms with E-state index in [-0.39, 0.29) is 12.4 Å². The van der Waals surface area contributed by atoms with Crippen LogP contribution in [0, 0.1) is 0 Å². The molecule has 0 aliphatic rings. The maximum Gasteiger partial charge on any atom is 0.118 e. The zero-order chi connectivity index (χ0) is 12.2. The number of oxime groups is 1. The Morgan fingerprint density at radius 3 is 2.18 bits per heavy atom. The highest BCUT2D eigenvalue weighted by molar-refractivity contribution is 6.06. The molecule has 0 saturated heterocycles. The average molecular weight is 260 g/mol. The molecule has 0 aliphatic carbocycles. The Morgan fingerprint density at radius 1 is 1.29 bits per heavy atom. The van der Waals surface area contributed by atoms with Crippen molar-refractivity contribution in [2.24, 2.45) is 5.16 Å². The predicted molar refractivity (Wildman–Crippen MR) is 60.3 cm³/mol. The highest BCUT2D eigenvalue weighted by Crippen LogP contribution is 2.17. The molecule has 0 fully saturated rings. The van der Waals surface area contributed by atoms with Crippen LogP contribution >= 0.6 is 0 Å². The summed E-state index contributed by atoms with van der Waals surface area (Å²) in [6.45, 7) is 3.40. The van der Waals surface area contributed by atoms with Crippen LogP contribution < -0.4 is 22.6 Å². The molecular weight excluding hydrogens is 244 g/mol. The summed E-state index contributed by atoms with van der Waals surface area (Å²) in [4.78, 5) is 0. The minimum Gasteiger partial charge on any atom is -1.00 e. The Kier molecular flexibility index (Phi) is 5.95. The second-order valence-corrected chi connectivity index (χ2v) is 3.91. The largest absolute Gasteiger partial charge is 1.00 e. The standard InChI is InChI=1S/C11H16N2O3.ClH/c1-11(2,13-15)10(12-14)8-4-6-9(16-3)7-5-8;/h4-7,13-15H,1-3H3;1H/p-1. The van der Waals surface area contributed by atoms with Crippen LogP contribution in [0.25, 0.3) is 0 Å². The lowest BCUT2D eigenvalue weighted by molar-refractivity contribution is -0.00000551. The fourth-order valence-corrected chi connectivity index (χ4v) is 1.35. The number of rotatable bonds is 4. The number of nitrogens with zero attached hydrogens (tertiary/aromatic N) is 1. The minimum absolute atomic E-state index is 0. The SMILES string of the molecule is COc1ccc(C(=NO)C(C)(C)NO)cc1.[Cl-]. The molecule has 6 heteroatoms. The van der Waals surface area contributed by atoms with Gasteiger partial charge in [-0.2, -0.15) is 5.48 Å². The van der Waals surface area contributed by atoms with E-state index in [0.29, 0.717) is 11.3 Å².